The number of hydrogen-bond acceptors (Lipinski definition) is 2. The van der Waals surface area contributed by atoms with Crippen molar-refractivity contribution in [1.29, 1.82) is 0 Å². The van der Waals surface area contributed by atoms with Crippen molar-refractivity contribution in [3.63, 3.8) is 0 Å². The van der Waals surface area contributed by atoms with Crippen LogP contribution in [0, 0.1) is 5.82 Å². The number of H-pyrrole nitrogens is 1. The SMILES string of the molecule is C=CCN1CCC(c2ccc3[nH]c(C(=O)Cc4ccc(F)cc4)cc3c2)CC1. The Morgan fingerprint density at radius 1 is 1.14 bits per heavy atom. The van der Waals surface area contributed by atoms with Gasteiger partial charge in [-0.3, -0.25) is 9.69 Å². The van der Waals surface area contributed by atoms with Crippen molar-refractivity contribution in [2.24, 2.45) is 0 Å². The minimum Gasteiger partial charge on any atom is -0.352 e. The molecule has 0 spiro atoms. The number of fused-ring (bicyclic) bond motifs is 1. The van der Waals surface area contributed by atoms with Crippen molar-refractivity contribution in [3.05, 3.63) is 83.8 Å². The van der Waals surface area contributed by atoms with Gasteiger partial charge in [-0.2, -0.15) is 0 Å². The number of halogens is 1. The number of aromatic amines is 1. The minimum atomic E-state index is -0.287. The first-order chi connectivity index (χ1) is 13.6. The predicted octanol–water partition coefficient (Wildman–Crippen LogP) is 5.10. The van der Waals surface area contributed by atoms with Crippen LogP contribution in [-0.4, -0.2) is 35.3 Å². The summed E-state index contributed by atoms with van der Waals surface area (Å²) in [7, 11) is 0. The van der Waals surface area contributed by atoms with Crippen molar-refractivity contribution >= 4 is 16.7 Å². The van der Waals surface area contributed by atoms with E-state index in [1.54, 1.807) is 12.1 Å². The zero-order valence-corrected chi connectivity index (χ0v) is 16.0. The fraction of sp³-hybridized carbons (Fsp3) is 0.292. The summed E-state index contributed by atoms with van der Waals surface area (Å²) in [5.74, 6) is 0.297. The van der Waals surface area contributed by atoms with Gasteiger partial charge in [0.05, 0.1) is 5.69 Å². The number of carbonyl (C=O) groups is 1. The molecule has 2 aromatic carbocycles. The summed E-state index contributed by atoms with van der Waals surface area (Å²) >= 11 is 0. The van der Waals surface area contributed by atoms with Crippen LogP contribution in [0.25, 0.3) is 10.9 Å². The lowest BCUT2D eigenvalue weighted by atomic mass is 9.89. The van der Waals surface area contributed by atoms with Gasteiger partial charge in [0.1, 0.15) is 5.82 Å². The van der Waals surface area contributed by atoms with E-state index in [1.807, 2.05) is 12.1 Å². The quantitative estimate of drug-likeness (QED) is 0.480. The first kappa shape index (κ1) is 18.6. The fourth-order valence-electron chi connectivity index (χ4n) is 4.07. The molecule has 1 fully saturated rings. The lowest BCUT2D eigenvalue weighted by Gasteiger charge is -2.31. The third-order valence-electron chi connectivity index (χ3n) is 5.67. The molecule has 1 aliphatic heterocycles. The van der Waals surface area contributed by atoms with Crippen LogP contribution in [0.2, 0.25) is 0 Å². The van der Waals surface area contributed by atoms with E-state index in [9.17, 15) is 9.18 Å². The van der Waals surface area contributed by atoms with E-state index in [4.69, 9.17) is 0 Å². The second kappa shape index (κ2) is 8.11. The molecule has 28 heavy (non-hydrogen) atoms. The molecule has 4 heteroatoms. The van der Waals surface area contributed by atoms with E-state index >= 15 is 0 Å². The number of carbonyl (C=O) groups excluding carboxylic acids is 1. The average molecular weight is 376 g/mol. The summed E-state index contributed by atoms with van der Waals surface area (Å²) < 4.78 is 13.0. The van der Waals surface area contributed by atoms with Gasteiger partial charge in [-0.15, -0.1) is 6.58 Å². The Labute approximate surface area is 164 Å². The number of piperidine rings is 1. The molecule has 4 rings (SSSR count). The maximum Gasteiger partial charge on any atom is 0.183 e. The molecule has 0 atom stereocenters. The van der Waals surface area contributed by atoms with Gasteiger partial charge in [0.25, 0.3) is 0 Å². The molecular weight excluding hydrogens is 351 g/mol. The number of Topliss-reactive ketones (excluding diaryl/α,β-unsaturated/α-hetero) is 1. The maximum atomic E-state index is 13.0. The van der Waals surface area contributed by atoms with E-state index in [0.29, 0.717) is 11.6 Å². The van der Waals surface area contributed by atoms with Crippen LogP contribution in [0.1, 0.15) is 40.4 Å². The van der Waals surface area contributed by atoms with Crippen LogP contribution in [0.3, 0.4) is 0 Å². The zero-order valence-electron chi connectivity index (χ0n) is 16.0. The van der Waals surface area contributed by atoms with Gasteiger partial charge in [-0.25, -0.2) is 4.39 Å². The molecule has 1 aromatic heterocycles. The second-order valence-corrected chi connectivity index (χ2v) is 7.62. The Morgan fingerprint density at radius 3 is 2.61 bits per heavy atom. The lowest BCUT2D eigenvalue weighted by Crippen LogP contribution is -2.32. The monoisotopic (exact) mass is 376 g/mol. The zero-order chi connectivity index (χ0) is 19.5. The number of likely N-dealkylation sites (tertiary alicyclic amines) is 1. The van der Waals surface area contributed by atoms with E-state index in [1.165, 1.54) is 17.7 Å². The van der Waals surface area contributed by atoms with E-state index < -0.39 is 0 Å². The summed E-state index contributed by atoms with van der Waals surface area (Å²) in [4.78, 5) is 18.3. The summed E-state index contributed by atoms with van der Waals surface area (Å²) in [5, 5.41) is 1.08. The highest BCUT2D eigenvalue weighted by atomic mass is 19.1. The molecule has 0 bridgehead atoms. The molecule has 0 unspecified atom stereocenters. The molecule has 1 N–H and O–H groups in total. The molecule has 1 aliphatic rings. The summed E-state index contributed by atoms with van der Waals surface area (Å²) in [6.45, 7) is 6.99. The van der Waals surface area contributed by atoms with Crippen molar-refractivity contribution in [1.82, 2.24) is 9.88 Å². The maximum absolute atomic E-state index is 13.0. The number of benzene rings is 2. The predicted molar refractivity (Wildman–Crippen MR) is 111 cm³/mol. The number of rotatable bonds is 6. The van der Waals surface area contributed by atoms with Crippen LogP contribution >= 0.6 is 0 Å². The molecule has 144 valence electrons. The largest absolute Gasteiger partial charge is 0.352 e. The van der Waals surface area contributed by atoms with Crippen LogP contribution in [0.15, 0.2) is 61.2 Å². The van der Waals surface area contributed by atoms with E-state index in [2.05, 4.69) is 34.7 Å². The molecule has 0 saturated carbocycles. The van der Waals surface area contributed by atoms with Gasteiger partial charge in [-0.1, -0.05) is 24.3 Å². The van der Waals surface area contributed by atoms with Gasteiger partial charge in [0.15, 0.2) is 5.78 Å². The number of hydrogen-bond donors (Lipinski definition) is 1. The van der Waals surface area contributed by atoms with Crippen molar-refractivity contribution in [2.75, 3.05) is 19.6 Å². The molecule has 0 radical (unpaired) electrons. The number of nitrogens with zero attached hydrogens (tertiary/aromatic N) is 1. The Hall–Kier alpha value is -2.72. The first-order valence-electron chi connectivity index (χ1n) is 9.86. The Bertz CT molecular complexity index is 982. The highest BCUT2D eigenvalue weighted by Gasteiger charge is 2.20. The minimum absolute atomic E-state index is 0.0158. The summed E-state index contributed by atoms with van der Waals surface area (Å²) in [6, 6.07) is 14.5. The van der Waals surface area contributed by atoms with Gasteiger partial charge < -0.3 is 4.98 Å². The van der Waals surface area contributed by atoms with Gasteiger partial charge in [0, 0.05) is 23.9 Å². The fourth-order valence-corrected chi connectivity index (χ4v) is 4.07. The molecule has 2 heterocycles. The van der Waals surface area contributed by atoms with E-state index in [0.717, 1.165) is 48.9 Å². The number of ketones is 1. The number of nitrogens with one attached hydrogen (secondary N) is 1. The third-order valence-corrected chi connectivity index (χ3v) is 5.67. The summed E-state index contributed by atoms with van der Waals surface area (Å²) in [6.07, 6.45) is 4.54. The Kier molecular flexibility index (Phi) is 5.40. The normalized spacial score (nSPS) is 15.8. The van der Waals surface area contributed by atoms with Crippen molar-refractivity contribution in [3.8, 4) is 0 Å². The van der Waals surface area contributed by atoms with Crippen LogP contribution < -0.4 is 0 Å². The molecule has 3 aromatic rings. The third kappa shape index (κ3) is 4.07. The van der Waals surface area contributed by atoms with Crippen molar-refractivity contribution < 1.29 is 9.18 Å². The molecular formula is C24H25FN2O. The van der Waals surface area contributed by atoms with Crippen molar-refractivity contribution in [2.45, 2.75) is 25.2 Å². The van der Waals surface area contributed by atoms with Crippen LogP contribution in [-0.2, 0) is 6.42 Å². The topological polar surface area (TPSA) is 36.1 Å². The highest BCUT2D eigenvalue weighted by molar-refractivity contribution is 6.00. The van der Waals surface area contributed by atoms with E-state index in [-0.39, 0.29) is 18.0 Å². The second-order valence-electron chi connectivity index (χ2n) is 7.62. The lowest BCUT2D eigenvalue weighted by molar-refractivity contribution is 0.0989. The molecule has 0 amide bonds. The summed E-state index contributed by atoms with van der Waals surface area (Å²) in [5.41, 5.74) is 3.76. The van der Waals surface area contributed by atoms with Gasteiger partial charge in [-0.05, 0) is 73.3 Å². The van der Waals surface area contributed by atoms with Crippen LogP contribution in [0.4, 0.5) is 4.39 Å². The Balaban J connectivity index is 1.48. The standard InChI is InChI=1S/C24H25FN2O/c1-2-11-27-12-9-18(10-13-27)19-5-8-22-20(15-19)16-23(26-22)24(28)14-17-3-6-21(25)7-4-17/h2-8,15-16,18,26H,1,9-14H2. The van der Waals surface area contributed by atoms with Gasteiger partial charge in [0.2, 0.25) is 0 Å². The molecule has 0 aliphatic carbocycles. The van der Waals surface area contributed by atoms with Gasteiger partial charge >= 0.3 is 0 Å². The molecule has 3 nitrogen and oxygen atoms in total. The first-order valence-corrected chi connectivity index (χ1v) is 9.86. The highest BCUT2D eigenvalue weighted by Crippen LogP contribution is 2.30. The Morgan fingerprint density at radius 2 is 1.89 bits per heavy atom. The van der Waals surface area contributed by atoms with Crippen LogP contribution in [0.5, 0.6) is 0 Å². The molecule has 1 saturated heterocycles. The smallest absolute Gasteiger partial charge is 0.183 e. The average Bonchev–Trinajstić information content (AvgIpc) is 3.14. The number of aromatic nitrogens is 1.